The highest BCUT2D eigenvalue weighted by Gasteiger charge is 2.23. The Labute approximate surface area is 154 Å². The molecular formula is C18H17FN2O6. The van der Waals surface area contributed by atoms with Gasteiger partial charge < -0.3 is 14.8 Å². The van der Waals surface area contributed by atoms with Crippen LogP contribution in [0.15, 0.2) is 42.5 Å². The van der Waals surface area contributed by atoms with Crippen LogP contribution in [-0.2, 0) is 9.53 Å². The molecule has 0 saturated carbocycles. The Kier molecular flexibility index (Phi) is 6.42. The number of hydrogen-bond acceptors (Lipinski definition) is 6. The van der Waals surface area contributed by atoms with Crippen LogP contribution in [0.4, 0.5) is 15.8 Å². The van der Waals surface area contributed by atoms with Crippen molar-refractivity contribution in [3.8, 4) is 5.75 Å². The van der Waals surface area contributed by atoms with E-state index in [-0.39, 0.29) is 23.6 Å². The van der Waals surface area contributed by atoms with E-state index in [1.54, 1.807) is 6.92 Å². The summed E-state index contributed by atoms with van der Waals surface area (Å²) in [6, 6.07) is 9.11. The van der Waals surface area contributed by atoms with E-state index in [0.29, 0.717) is 0 Å². The number of nitro benzene ring substituents is 1. The second-order valence-corrected chi connectivity index (χ2v) is 5.39. The second kappa shape index (κ2) is 8.75. The Hall–Kier alpha value is -3.49. The van der Waals surface area contributed by atoms with Crippen molar-refractivity contribution in [2.45, 2.75) is 20.0 Å². The maximum absolute atomic E-state index is 13.6. The molecule has 0 saturated heterocycles. The van der Waals surface area contributed by atoms with E-state index in [0.717, 1.165) is 6.07 Å². The monoisotopic (exact) mass is 376 g/mol. The van der Waals surface area contributed by atoms with Gasteiger partial charge in [0.2, 0.25) is 0 Å². The molecule has 0 spiro atoms. The van der Waals surface area contributed by atoms with Gasteiger partial charge in [0.05, 0.1) is 22.8 Å². The number of carbonyl (C=O) groups is 2. The molecule has 9 heteroatoms. The van der Waals surface area contributed by atoms with Gasteiger partial charge >= 0.3 is 11.7 Å². The highest BCUT2D eigenvalue weighted by molar-refractivity contribution is 5.97. The molecule has 8 nitrogen and oxygen atoms in total. The number of nitro groups is 1. The lowest BCUT2D eigenvalue weighted by molar-refractivity contribution is -0.385. The van der Waals surface area contributed by atoms with Crippen molar-refractivity contribution < 1.29 is 28.4 Å². The first kappa shape index (κ1) is 19.8. The maximum Gasteiger partial charge on any atom is 0.339 e. The lowest BCUT2D eigenvalue weighted by atomic mass is 10.2. The van der Waals surface area contributed by atoms with Gasteiger partial charge in [-0.05, 0) is 38.1 Å². The van der Waals surface area contributed by atoms with Crippen molar-refractivity contribution in [3.63, 3.8) is 0 Å². The number of rotatable bonds is 7. The third-order valence-electron chi connectivity index (χ3n) is 3.48. The Morgan fingerprint density at radius 1 is 1.26 bits per heavy atom. The molecule has 0 heterocycles. The van der Waals surface area contributed by atoms with Crippen LogP contribution in [0.1, 0.15) is 24.2 Å². The van der Waals surface area contributed by atoms with Gasteiger partial charge in [0.1, 0.15) is 5.82 Å². The number of benzene rings is 2. The number of amides is 1. The summed E-state index contributed by atoms with van der Waals surface area (Å²) in [7, 11) is 0. The number of esters is 1. The third kappa shape index (κ3) is 5.00. The molecule has 0 aliphatic rings. The van der Waals surface area contributed by atoms with Gasteiger partial charge in [-0.15, -0.1) is 0 Å². The van der Waals surface area contributed by atoms with E-state index in [2.05, 4.69) is 5.32 Å². The fourth-order valence-electron chi connectivity index (χ4n) is 2.14. The number of ether oxygens (including phenoxy) is 2. The number of carbonyl (C=O) groups excluding carboxylic acids is 2. The molecule has 0 aliphatic carbocycles. The molecule has 0 radical (unpaired) electrons. The molecule has 0 fully saturated rings. The number of nitrogens with zero attached hydrogens (tertiary/aromatic N) is 1. The Morgan fingerprint density at radius 3 is 2.59 bits per heavy atom. The van der Waals surface area contributed by atoms with Crippen LogP contribution in [0, 0.1) is 15.9 Å². The number of anilines is 1. The molecular weight excluding hydrogens is 359 g/mol. The van der Waals surface area contributed by atoms with Crippen molar-refractivity contribution in [2.75, 3.05) is 11.9 Å². The van der Waals surface area contributed by atoms with Crippen molar-refractivity contribution in [2.24, 2.45) is 0 Å². The lowest BCUT2D eigenvalue weighted by Crippen LogP contribution is -2.30. The highest BCUT2D eigenvalue weighted by Crippen LogP contribution is 2.28. The van der Waals surface area contributed by atoms with Gasteiger partial charge in [-0.1, -0.05) is 12.1 Å². The molecule has 27 heavy (non-hydrogen) atoms. The fourth-order valence-corrected chi connectivity index (χ4v) is 2.14. The summed E-state index contributed by atoms with van der Waals surface area (Å²) in [6.45, 7) is 3.19. The quantitative estimate of drug-likeness (QED) is 0.451. The van der Waals surface area contributed by atoms with Crippen LogP contribution in [0.25, 0.3) is 0 Å². The minimum atomic E-state index is -1.25. The summed E-state index contributed by atoms with van der Waals surface area (Å²) >= 11 is 0. The average molecular weight is 376 g/mol. The minimum absolute atomic E-state index is 0.0180. The topological polar surface area (TPSA) is 108 Å². The second-order valence-electron chi connectivity index (χ2n) is 5.39. The number of para-hydroxylation sites is 1. The van der Waals surface area contributed by atoms with Crippen LogP contribution in [0.2, 0.25) is 0 Å². The Bertz CT molecular complexity index is 871. The minimum Gasteiger partial charge on any atom is -0.487 e. The fraction of sp³-hybridized carbons (Fsp3) is 0.222. The summed E-state index contributed by atoms with van der Waals surface area (Å²) in [5.41, 5.74) is -0.562. The normalized spacial score (nSPS) is 11.4. The van der Waals surface area contributed by atoms with Gasteiger partial charge in [0.15, 0.2) is 11.9 Å². The van der Waals surface area contributed by atoms with Crippen LogP contribution in [-0.4, -0.2) is 29.5 Å². The number of halogens is 1. The average Bonchev–Trinajstić information content (AvgIpc) is 2.63. The summed E-state index contributed by atoms with van der Waals surface area (Å²) in [6.07, 6.45) is -1.25. The highest BCUT2D eigenvalue weighted by atomic mass is 19.1. The number of hydrogen-bond donors (Lipinski definition) is 1. The van der Waals surface area contributed by atoms with Crippen molar-refractivity contribution in [1.82, 2.24) is 0 Å². The zero-order valence-electron chi connectivity index (χ0n) is 14.6. The van der Waals surface area contributed by atoms with Gasteiger partial charge in [0, 0.05) is 6.07 Å². The predicted molar refractivity (Wildman–Crippen MR) is 94.2 cm³/mol. The molecule has 1 N–H and O–H groups in total. The molecule has 0 unspecified atom stereocenters. The van der Waals surface area contributed by atoms with Crippen LogP contribution < -0.4 is 10.1 Å². The van der Waals surface area contributed by atoms with Crippen molar-refractivity contribution in [1.29, 1.82) is 0 Å². The van der Waals surface area contributed by atoms with Gasteiger partial charge in [0.25, 0.3) is 5.91 Å². The Balaban J connectivity index is 2.09. The van der Waals surface area contributed by atoms with Gasteiger partial charge in [-0.2, -0.15) is 0 Å². The van der Waals surface area contributed by atoms with Gasteiger partial charge in [-0.3, -0.25) is 14.9 Å². The molecule has 2 aromatic carbocycles. The molecule has 2 aromatic rings. The third-order valence-corrected chi connectivity index (χ3v) is 3.48. The molecule has 0 aliphatic heterocycles. The largest absolute Gasteiger partial charge is 0.487 e. The molecule has 1 atom stereocenters. The van der Waals surface area contributed by atoms with Crippen molar-refractivity contribution >= 4 is 23.3 Å². The van der Waals surface area contributed by atoms with E-state index in [9.17, 15) is 24.1 Å². The Morgan fingerprint density at radius 2 is 1.96 bits per heavy atom. The van der Waals surface area contributed by atoms with E-state index in [4.69, 9.17) is 9.47 Å². The predicted octanol–water partition coefficient (Wildman–Crippen LogP) is 3.32. The van der Waals surface area contributed by atoms with Crippen molar-refractivity contribution in [3.05, 3.63) is 64.0 Å². The summed E-state index contributed by atoms with van der Waals surface area (Å²) in [5.74, 6) is -2.29. The van der Waals surface area contributed by atoms with Crippen LogP contribution in [0.5, 0.6) is 5.75 Å². The molecule has 1 amide bonds. The molecule has 0 aromatic heterocycles. The molecule has 142 valence electrons. The van der Waals surface area contributed by atoms with Crippen LogP contribution >= 0.6 is 0 Å². The summed E-state index contributed by atoms with van der Waals surface area (Å²) < 4.78 is 23.7. The number of nitrogens with one attached hydrogen (secondary N) is 1. The lowest BCUT2D eigenvalue weighted by Gasteiger charge is -2.14. The first-order chi connectivity index (χ1) is 12.8. The van der Waals surface area contributed by atoms with E-state index in [1.165, 1.54) is 43.3 Å². The SMILES string of the molecule is CCOc1ccc(C(=O)O[C@@H](C)C(=O)Nc2ccccc2F)cc1[N+](=O)[O-]. The summed E-state index contributed by atoms with van der Waals surface area (Å²) in [5, 5.41) is 13.4. The first-order valence-electron chi connectivity index (χ1n) is 8.01. The van der Waals surface area contributed by atoms with E-state index in [1.807, 2.05) is 0 Å². The summed E-state index contributed by atoms with van der Waals surface area (Å²) in [4.78, 5) is 34.7. The zero-order chi connectivity index (χ0) is 20.0. The standard InChI is InChI=1S/C18H17FN2O6/c1-3-26-16-9-8-12(10-15(16)21(24)25)18(23)27-11(2)17(22)20-14-7-5-4-6-13(14)19/h4-11H,3H2,1-2H3,(H,20,22)/t11-/m0/s1. The maximum atomic E-state index is 13.6. The first-order valence-corrected chi connectivity index (χ1v) is 8.01. The van der Waals surface area contributed by atoms with Gasteiger partial charge in [-0.25, -0.2) is 9.18 Å². The van der Waals surface area contributed by atoms with Crippen LogP contribution in [0.3, 0.4) is 0 Å². The van der Waals surface area contributed by atoms with E-state index >= 15 is 0 Å². The van der Waals surface area contributed by atoms with E-state index < -0.39 is 34.4 Å². The smallest absolute Gasteiger partial charge is 0.339 e. The molecule has 2 rings (SSSR count). The zero-order valence-corrected chi connectivity index (χ0v) is 14.6. The molecule has 0 bridgehead atoms.